The topological polar surface area (TPSA) is 78.9 Å². The quantitative estimate of drug-likeness (QED) is 0.0262. The van der Waals surface area contributed by atoms with E-state index in [1.165, 1.54) is 103 Å². The predicted octanol–water partition coefficient (Wildman–Crippen LogP) is 17.8. The Labute approximate surface area is 400 Å². The second-order valence-electron chi connectivity index (χ2n) is 17.4. The Hall–Kier alpha value is -3.67. The fourth-order valence-corrected chi connectivity index (χ4v) is 7.07. The third kappa shape index (κ3) is 51.2. The van der Waals surface area contributed by atoms with Crippen LogP contribution in [0, 0.1) is 0 Å². The molecule has 1 atom stereocenters. The number of rotatable bonds is 47. The summed E-state index contributed by atoms with van der Waals surface area (Å²) in [5.41, 5.74) is 0. The maximum atomic E-state index is 12.8. The third-order valence-corrected chi connectivity index (χ3v) is 11.1. The van der Waals surface area contributed by atoms with Crippen molar-refractivity contribution in [2.24, 2.45) is 0 Å². The zero-order chi connectivity index (χ0) is 47.2. The Morgan fingerprint density at radius 3 is 1.03 bits per heavy atom. The lowest BCUT2D eigenvalue weighted by atomic mass is 10.0. The molecule has 0 rings (SSSR count). The van der Waals surface area contributed by atoms with E-state index in [0.717, 1.165) is 83.5 Å². The molecular formula is C59H98O6. The molecule has 0 aliphatic rings. The van der Waals surface area contributed by atoms with Gasteiger partial charge >= 0.3 is 17.9 Å². The van der Waals surface area contributed by atoms with Crippen LogP contribution in [0.1, 0.15) is 239 Å². The Morgan fingerprint density at radius 1 is 0.323 bits per heavy atom. The summed E-state index contributed by atoms with van der Waals surface area (Å²) in [6.07, 6.45) is 69.7. The minimum absolute atomic E-state index is 0.110. The molecule has 0 aliphatic heterocycles. The van der Waals surface area contributed by atoms with Crippen LogP contribution >= 0.6 is 0 Å². The molecule has 0 fully saturated rings. The van der Waals surface area contributed by atoms with Gasteiger partial charge in [-0.15, -0.1) is 0 Å². The monoisotopic (exact) mass is 903 g/mol. The second-order valence-corrected chi connectivity index (χ2v) is 17.4. The number of ether oxygens (including phenoxy) is 3. The van der Waals surface area contributed by atoms with Crippen molar-refractivity contribution >= 4 is 17.9 Å². The fraction of sp³-hybridized carbons (Fsp3) is 0.678. The normalized spacial score (nSPS) is 12.8. The van der Waals surface area contributed by atoms with Gasteiger partial charge in [0.05, 0.1) is 0 Å². The van der Waals surface area contributed by atoms with Crippen LogP contribution in [-0.2, 0) is 28.6 Å². The van der Waals surface area contributed by atoms with Crippen molar-refractivity contribution in [1.82, 2.24) is 0 Å². The van der Waals surface area contributed by atoms with E-state index in [1.54, 1.807) is 0 Å². The Bertz CT molecular complexity index is 1310. The van der Waals surface area contributed by atoms with Crippen LogP contribution in [0.5, 0.6) is 0 Å². The molecule has 0 heterocycles. The maximum absolute atomic E-state index is 12.8. The molecule has 0 saturated carbocycles. The summed E-state index contributed by atoms with van der Waals surface area (Å²) in [5, 5.41) is 0. The van der Waals surface area contributed by atoms with Gasteiger partial charge in [-0.2, -0.15) is 0 Å². The van der Waals surface area contributed by atoms with E-state index in [4.69, 9.17) is 14.2 Å². The summed E-state index contributed by atoms with van der Waals surface area (Å²) < 4.78 is 16.7. The molecule has 65 heavy (non-hydrogen) atoms. The number of unbranched alkanes of at least 4 members (excludes halogenated alkanes) is 20. The predicted molar refractivity (Wildman–Crippen MR) is 279 cm³/mol. The van der Waals surface area contributed by atoms with Crippen LogP contribution in [0.15, 0.2) is 97.2 Å². The molecule has 0 N–H and O–H groups in total. The molecule has 0 aromatic rings. The van der Waals surface area contributed by atoms with Crippen LogP contribution in [0.25, 0.3) is 0 Å². The van der Waals surface area contributed by atoms with Crippen molar-refractivity contribution in [2.75, 3.05) is 13.2 Å². The van der Waals surface area contributed by atoms with E-state index in [2.05, 4.69) is 118 Å². The standard InChI is InChI=1S/C59H98O6/c1-4-7-10-13-16-19-22-25-28-29-32-34-37-40-43-46-49-52-58(61)64-55-56(65-59(62)53-50-47-44-41-38-35-31-27-24-21-18-15-12-9-6-3)54-63-57(60)51-48-45-42-39-36-33-30-26-23-20-17-14-11-8-5-2/h9,12,16,18-19,21,25,27-28,31-32,34,38,40-41,43,56H,4-8,10-11,13-15,17,20,22-24,26,29-30,33,35-37,39,42,44-55H2,1-3H3/b12-9-,19-16-,21-18-,28-25-,31-27-,34-32-,41-38-,43-40-/t56-/m1/s1. The molecule has 0 aromatic carbocycles. The Kier molecular flexibility index (Phi) is 50.0. The summed E-state index contributed by atoms with van der Waals surface area (Å²) in [6.45, 7) is 6.41. The van der Waals surface area contributed by atoms with Crippen LogP contribution in [0.3, 0.4) is 0 Å². The first-order chi connectivity index (χ1) is 32.0. The van der Waals surface area contributed by atoms with Gasteiger partial charge in [-0.05, 0) is 96.3 Å². The Morgan fingerprint density at radius 2 is 0.615 bits per heavy atom. The fourth-order valence-electron chi connectivity index (χ4n) is 7.07. The number of hydrogen-bond donors (Lipinski definition) is 0. The van der Waals surface area contributed by atoms with Crippen molar-refractivity contribution in [3.05, 3.63) is 97.2 Å². The van der Waals surface area contributed by atoms with Gasteiger partial charge < -0.3 is 14.2 Å². The van der Waals surface area contributed by atoms with Gasteiger partial charge in [-0.1, -0.05) is 221 Å². The van der Waals surface area contributed by atoms with E-state index in [9.17, 15) is 14.4 Å². The number of carbonyl (C=O) groups excluding carboxylic acids is 3. The van der Waals surface area contributed by atoms with E-state index in [1.807, 2.05) is 0 Å². The largest absolute Gasteiger partial charge is 0.462 e. The van der Waals surface area contributed by atoms with Gasteiger partial charge in [0.25, 0.3) is 0 Å². The maximum Gasteiger partial charge on any atom is 0.306 e. The molecule has 0 aromatic heterocycles. The van der Waals surface area contributed by atoms with Crippen LogP contribution in [0.4, 0.5) is 0 Å². The molecule has 0 spiro atoms. The zero-order valence-corrected chi connectivity index (χ0v) is 42.2. The smallest absolute Gasteiger partial charge is 0.306 e. The van der Waals surface area contributed by atoms with Crippen LogP contribution in [-0.4, -0.2) is 37.2 Å². The lowest BCUT2D eigenvalue weighted by Gasteiger charge is -2.18. The van der Waals surface area contributed by atoms with Gasteiger partial charge in [0.15, 0.2) is 6.10 Å². The highest BCUT2D eigenvalue weighted by molar-refractivity contribution is 5.71. The first-order valence-electron chi connectivity index (χ1n) is 26.7. The molecule has 6 heteroatoms. The average Bonchev–Trinajstić information content (AvgIpc) is 3.30. The molecule has 0 aliphatic carbocycles. The lowest BCUT2D eigenvalue weighted by Crippen LogP contribution is -2.30. The molecule has 0 saturated heterocycles. The lowest BCUT2D eigenvalue weighted by molar-refractivity contribution is -0.167. The van der Waals surface area contributed by atoms with Gasteiger partial charge in [0, 0.05) is 19.3 Å². The SMILES string of the molecule is CC/C=C\C/C=C\C/C=C\C/C=C\CCCCC(=O)O[C@@H](COC(=O)CCC/C=C\C/C=C\C/C=C\C/C=C\CCCCC)COC(=O)CCCCCCCCCCCCCCCCC. The van der Waals surface area contributed by atoms with Crippen molar-refractivity contribution in [3.63, 3.8) is 0 Å². The zero-order valence-electron chi connectivity index (χ0n) is 42.2. The van der Waals surface area contributed by atoms with Crippen LogP contribution < -0.4 is 0 Å². The first kappa shape index (κ1) is 61.3. The van der Waals surface area contributed by atoms with Crippen molar-refractivity contribution in [2.45, 2.75) is 245 Å². The first-order valence-corrected chi connectivity index (χ1v) is 26.7. The summed E-state index contributed by atoms with van der Waals surface area (Å²) >= 11 is 0. The molecule has 0 unspecified atom stereocenters. The van der Waals surface area contributed by atoms with Crippen LogP contribution in [0.2, 0.25) is 0 Å². The van der Waals surface area contributed by atoms with Gasteiger partial charge in [0.2, 0.25) is 0 Å². The third-order valence-electron chi connectivity index (χ3n) is 11.1. The Balaban J connectivity index is 4.53. The van der Waals surface area contributed by atoms with Gasteiger partial charge in [-0.3, -0.25) is 14.4 Å². The number of allylic oxidation sites excluding steroid dienone is 16. The van der Waals surface area contributed by atoms with Crippen molar-refractivity contribution in [1.29, 1.82) is 0 Å². The molecule has 0 bridgehead atoms. The highest BCUT2D eigenvalue weighted by Crippen LogP contribution is 2.15. The van der Waals surface area contributed by atoms with Crippen molar-refractivity contribution in [3.8, 4) is 0 Å². The summed E-state index contributed by atoms with van der Waals surface area (Å²) in [5.74, 6) is -1.01. The average molecular weight is 903 g/mol. The van der Waals surface area contributed by atoms with Gasteiger partial charge in [0.1, 0.15) is 13.2 Å². The number of hydrogen-bond acceptors (Lipinski definition) is 6. The van der Waals surface area contributed by atoms with E-state index in [-0.39, 0.29) is 44.0 Å². The highest BCUT2D eigenvalue weighted by atomic mass is 16.6. The van der Waals surface area contributed by atoms with Crippen molar-refractivity contribution < 1.29 is 28.6 Å². The number of esters is 3. The van der Waals surface area contributed by atoms with E-state index in [0.29, 0.717) is 19.3 Å². The summed E-state index contributed by atoms with van der Waals surface area (Å²) in [4.78, 5) is 38.0. The molecule has 370 valence electrons. The highest BCUT2D eigenvalue weighted by Gasteiger charge is 2.19. The minimum Gasteiger partial charge on any atom is -0.462 e. The number of carbonyl (C=O) groups is 3. The summed E-state index contributed by atoms with van der Waals surface area (Å²) in [7, 11) is 0. The summed E-state index contributed by atoms with van der Waals surface area (Å²) in [6, 6.07) is 0. The van der Waals surface area contributed by atoms with Gasteiger partial charge in [-0.25, -0.2) is 0 Å². The van der Waals surface area contributed by atoms with E-state index >= 15 is 0 Å². The molecule has 6 nitrogen and oxygen atoms in total. The minimum atomic E-state index is -0.820. The molecular weight excluding hydrogens is 805 g/mol. The molecule has 0 radical (unpaired) electrons. The molecule has 0 amide bonds. The van der Waals surface area contributed by atoms with E-state index < -0.39 is 6.10 Å². The second kappa shape index (κ2) is 52.9.